The van der Waals surface area contributed by atoms with E-state index in [1.54, 1.807) is 0 Å². The molecule has 4 heteroatoms. The summed E-state index contributed by atoms with van der Waals surface area (Å²) >= 11 is 0. The lowest BCUT2D eigenvalue weighted by Crippen LogP contribution is -2.45. The molecule has 3 aliphatic rings. The van der Waals surface area contributed by atoms with Crippen LogP contribution in [-0.4, -0.2) is 29.1 Å². The van der Waals surface area contributed by atoms with Crippen LogP contribution in [0.4, 0.5) is 0 Å². The summed E-state index contributed by atoms with van der Waals surface area (Å²) in [5.74, 6) is 0.826. The van der Waals surface area contributed by atoms with Gasteiger partial charge >= 0.3 is 0 Å². The fourth-order valence-electron chi connectivity index (χ4n) is 3.88. The molecule has 2 aliphatic heterocycles. The van der Waals surface area contributed by atoms with E-state index in [1.807, 2.05) is 30.3 Å². The number of hydrogen-bond acceptors (Lipinski definition) is 3. The van der Waals surface area contributed by atoms with Crippen LogP contribution in [0.5, 0.6) is 0 Å². The van der Waals surface area contributed by atoms with E-state index in [4.69, 9.17) is 4.84 Å². The van der Waals surface area contributed by atoms with Gasteiger partial charge in [0, 0.05) is 19.0 Å². The number of carbonyl (C=O) groups is 1. The van der Waals surface area contributed by atoms with Crippen LogP contribution in [0.3, 0.4) is 0 Å². The van der Waals surface area contributed by atoms with Crippen LogP contribution in [0.2, 0.25) is 0 Å². The molecule has 1 amide bonds. The summed E-state index contributed by atoms with van der Waals surface area (Å²) < 4.78 is 0. The summed E-state index contributed by atoms with van der Waals surface area (Å²) in [7, 11) is 0. The van der Waals surface area contributed by atoms with E-state index in [9.17, 15) is 4.79 Å². The van der Waals surface area contributed by atoms with Crippen molar-refractivity contribution in [1.82, 2.24) is 4.90 Å². The standard InChI is InChI=1S/C18H22N2O2/c21-18(20-11-5-10-16(20)13-8-4-9-13)15-12-17(22-19-15)14-6-2-1-3-7-14/h1-3,6-7,13,16-17H,4-5,8-12H2. The largest absolute Gasteiger partial charge is 0.387 e. The quantitative estimate of drug-likeness (QED) is 0.859. The molecule has 1 aromatic rings. The number of carbonyl (C=O) groups excluding carboxylic acids is 1. The Labute approximate surface area is 131 Å². The normalized spacial score (nSPS) is 28.2. The van der Waals surface area contributed by atoms with E-state index in [1.165, 1.54) is 19.3 Å². The van der Waals surface area contributed by atoms with Crippen molar-refractivity contribution in [3.05, 3.63) is 35.9 Å². The Balaban J connectivity index is 1.43. The molecule has 2 fully saturated rings. The molecule has 2 atom stereocenters. The Kier molecular flexibility index (Phi) is 3.60. The van der Waals surface area contributed by atoms with Crippen LogP contribution in [-0.2, 0) is 9.63 Å². The van der Waals surface area contributed by atoms with Gasteiger partial charge in [-0.05, 0) is 37.2 Å². The number of hydrogen-bond donors (Lipinski definition) is 0. The van der Waals surface area contributed by atoms with Crippen molar-refractivity contribution in [2.75, 3.05) is 6.54 Å². The summed E-state index contributed by atoms with van der Waals surface area (Å²) in [6, 6.07) is 10.5. The molecule has 116 valence electrons. The minimum Gasteiger partial charge on any atom is -0.387 e. The molecule has 1 saturated carbocycles. The van der Waals surface area contributed by atoms with Gasteiger partial charge in [-0.25, -0.2) is 0 Å². The predicted molar refractivity (Wildman–Crippen MR) is 84.4 cm³/mol. The predicted octanol–water partition coefficient (Wildman–Crippen LogP) is 3.30. The van der Waals surface area contributed by atoms with Gasteiger partial charge in [-0.2, -0.15) is 0 Å². The van der Waals surface area contributed by atoms with Crippen molar-refractivity contribution in [3.63, 3.8) is 0 Å². The summed E-state index contributed by atoms with van der Waals surface area (Å²) in [6.07, 6.45) is 6.66. The molecule has 4 rings (SSSR count). The lowest BCUT2D eigenvalue weighted by Gasteiger charge is -2.36. The molecule has 0 spiro atoms. The number of rotatable bonds is 3. The molecule has 2 unspecified atom stereocenters. The molecule has 0 radical (unpaired) electrons. The van der Waals surface area contributed by atoms with Gasteiger partial charge in [-0.3, -0.25) is 4.79 Å². The Morgan fingerprint density at radius 3 is 2.68 bits per heavy atom. The van der Waals surface area contributed by atoms with Crippen LogP contribution in [0.15, 0.2) is 35.5 Å². The van der Waals surface area contributed by atoms with Crippen molar-refractivity contribution in [2.24, 2.45) is 11.1 Å². The summed E-state index contributed by atoms with van der Waals surface area (Å²) in [5.41, 5.74) is 1.69. The zero-order valence-corrected chi connectivity index (χ0v) is 12.8. The number of benzene rings is 1. The average molecular weight is 298 g/mol. The number of oxime groups is 1. The van der Waals surface area contributed by atoms with Gasteiger partial charge in [0.05, 0.1) is 0 Å². The van der Waals surface area contributed by atoms with Crippen molar-refractivity contribution in [2.45, 2.75) is 50.7 Å². The lowest BCUT2D eigenvalue weighted by atomic mass is 9.78. The first-order valence-electron chi connectivity index (χ1n) is 8.41. The topological polar surface area (TPSA) is 41.9 Å². The van der Waals surface area contributed by atoms with Gasteiger partial charge in [-0.15, -0.1) is 0 Å². The van der Waals surface area contributed by atoms with Gasteiger partial charge < -0.3 is 9.74 Å². The minimum atomic E-state index is -0.107. The first-order chi connectivity index (χ1) is 10.8. The molecule has 22 heavy (non-hydrogen) atoms. The SMILES string of the molecule is O=C(C1=NOC(c2ccccc2)C1)N1CCCC1C1CCC1. The zero-order chi connectivity index (χ0) is 14.9. The summed E-state index contributed by atoms with van der Waals surface area (Å²) in [4.78, 5) is 20.4. The molecule has 4 nitrogen and oxygen atoms in total. The zero-order valence-electron chi connectivity index (χ0n) is 12.8. The van der Waals surface area contributed by atoms with Crippen LogP contribution in [0, 0.1) is 5.92 Å². The van der Waals surface area contributed by atoms with E-state index < -0.39 is 0 Å². The van der Waals surface area contributed by atoms with Gasteiger partial charge in [-0.1, -0.05) is 41.9 Å². The monoisotopic (exact) mass is 298 g/mol. The van der Waals surface area contributed by atoms with Crippen molar-refractivity contribution in [3.8, 4) is 0 Å². The van der Waals surface area contributed by atoms with E-state index in [0.29, 0.717) is 18.2 Å². The summed E-state index contributed by atoms with van der Waals surface area (Å²) in [5, 5.41) is 4.10. The minimum absolute atomic E-state index is 0.104. The van der Waals surface area contributed by atoms with Crippen LogP contribution < -0.4 is 0 Å². The molecular weight excluding hydrogens is 276 g/mol. The third kappa shape index (κ3) is 2.40. The van der Waals surface area contributed by atoms with Crippen LogP contribution in [0.25, 0.3) is 0 Å². The first kappa shape index (κ1) is 13.8. The molecule has 0 N–H and O–H groups in total. The fraction of sp³-hybridized carbons (Fsp3) is 0.556. The maximum Gasteiger partial charge on any atom is 0.272 e. The highest BCUT2D eigenvalue weighted by atomic mass is 16.6. The van der Waals surface area contributed by atoms with Gasteiger partial charge in [0.15, 0.2) is 6.10 Å². The van der Waals surface area contributed by atoms with E-state index in [2.05, 4.69) is 10.1 Å². The molecule has 1 aromatic carbocycles. The second-order valence-electron chi connectivity index (χ2n) is 6.65. The molecule has 0 aromatic heterocycles. The number of nitrogens with zero attached hydrogens (tertiary/aromatic N) is 2. The van der Waals surface area contributed by atoms with Gasteiger partial charge in [0.25, 0.3) is 5.91 Å². The molecular formula is C18H22N2O2. The van der Waals surface area contributed by atoms with Gasteiger partial charge in [0.1, 0.15) is 5.71 Å². The van der Waals surface area contributed by atoms with Crippen molar-refractivity contribution in [1.29, 1.82) is 0 Å². The highest BCUT2D eigenvalue weighted by Crippen LogP contribution is 2.38. The van der Waals surface area contributed by atoms with Crippen molar-refractivity contribution < 1.29 is 9.63 Å². The highest BCUT2D eigenvalue weighted by molar-refractivity contribution is 6.39. The number of amides is 1. The lowest BCUT2D eigenvalue weighted by molar-refractivity contribution is -0.126. The smallest absolute Gasteiger partial charge is 0.272 e. The molecule has 1 saturated heterocycles. The van der Waals surface area contributed by atoms with Gasteiger partial charge in [0.2, 0.25) is 0 Å². The average Bonchev–Trinajstić information content (AvgIpc) is 3.15. The third-order valence-corrected chi connectivity index (χ3v) is 5.34. The molecule has 1 aliphatic carbocycles. The Bertz CT molecular complexity index is 580. The van der Waals surface area contributed by atoms with Crippen LogP contribution >= 0.6 is 0 Å². The van der Waals surface area contributed by atoms with E-state index in [0.717, 1.165) is 30.9 Å². The maximum absolute atomic E-state index is 12.8. The van der Waals surface area contributed by atoms with E-state index in [-0.39, 0.29) is 12.0 Å². The fourth-order valence-corrected chi connectivity index (χ4v) is 3.88. The third-order valence-electron chi connectivity index (χ3n) is 5.34. The maximum atomic E-state index is 12.8. The van der Waals surface area contributed by atoms with Crippen LogP contribution in [0.1, 0.15) is 50.2 Å². The van der Waals surface area contributed by atoms with Crippen molar-refractivity contribution >= 4 is 11.6 Å². The Morgan fingerprint density at radius 1 is 1.14 bits per heavy atom. The second-order valence-corrected chi connectivity index (χ2v) is 6.65. The Morgan fingerprint density at radius 2 is 1.95 bits per heavy atom. The second kappa shape index (κ2) is 5.75. The Hall–Kier alpha value is -1.84. The van der Waals surface area contributed by atoms with E-state index >= 15 is 0 Å². The highest BCUT2D eigenvalue weighted by Gasteiger charge is 2.40. The molecule has 2 heterocycles. The first-order valence-corrected chi connectivity index (χ1v) is 8.41. The molecule has 0 bridgehead atoms. The summed E-state index contributed by atoms with van der Waals surface area (Å²) in [6.45, 7) is 0.884. The number of likely N-dealkylation sites (tertiary alicyclic amines) is 1.